The molecule has 8 heteroatoms. The molecule has 5 aromatic rings. The number of aryl methyl sites for hydroxylation is 1. The van der Waals surface area contributed by atoms with Crippen LogP contribution in [0.5, 0.6) is 0 Å². The fraction of sp³-hybridized carbons (Fsp3) is 0.182. The number of hydrogen-bond acceptors (Lipinski definition) is 5. The van der Waals surface area contributed by atoms with Crippen LogP contribution in [0.3, 0.4) is 0 Å². The highest BCUT2D eigenvalue weighted by molar-refractivity contribution is 6.12. The van der Waals surface area contributed by atoms with Crippen molar-refractivity contribution in [3.05, 3.63) is 113 Å². The number of nitrogens with one attached hydrogen (secondary N) is 1. The quantitative estimate of drug-likeness (QED) is 0.229. The first-order valence-electron chi connectivity index (χ1n) is 13.2. The Balaban J connectivity index is 1.42. The van der Waals surface area contributed by atoms with Crippen molar-refractivity contribution >= 4 is 22.7 Å². The molecule has 3 heterocycles. The monoisotopic (exact) mass is 552 g/mol. The van der Waals surface area contributed by atoms with Crippen LogP contribution < -0.4 is 5.32 Å². The lowest BCUT2D eigenvalue weighted by Crippen LogP contribution is -2.48. The molecule has 6 nitrogen and oxygen atoms in total. The summed E-state index contributed by atoms with van der Waals surface area (Å²) in [7, 11) is 1.45. The van der Waals surface area contributed by atoms with Gasteiger partial charge in [0, 0.05) is 36.4 Å². The van der Waals surface area contributed by atoms with Crippen LogP contribution in [0.25, 0.3) is 33.4 Å². The highest BCUT2D eigenvalue weighted by atomic mass is 19.1. The molecule has 3 aromatic carbocycles. The zero-order chi connectivity index (χ0) is 28.7. The number of benzene rings is 3. The van der Waals surface area contributed by atoms with Gasteiger partial charge in [0.2, 0.25) is 0 Å². The van der Waals surface area contributed by atoms with Gasteiger partial charge in [0.1, 0.15) is 23.0 Å². The minimum Gasteiger partial charge on any atom is -0.455 e. The highest BCUT2D eigenvalue weighted by Gasteiger charge is 2.43. The Morgan fingerprint density at radius 1 is 0.976 bits per heavy atom. The number of pyridine rings is 1. The first-order valence-corrected chi connectivity index (χ1v) is 13.2. The third-order valence-corrected chi connectivity index (χ3v) is 7.67. The van der Waals surface area contributed by atoms with Crippen molar-refractivity contribution in [3.63, 3.8) is 0 Å². The van der Waals surface area contributed by atoms with Crippen LogP contribution in [0.4, 0.5) is 8.78 Å². The summed E-state index contributed by atoms with van der Waals surface area (Å²) in [5, 5.41) is 2.56. The summed E-state index contributed by atoms with van der Waals surface area (Å²) >= 11 is 0. The maximum absolute atomic E-state index is 16.4. The summed E-state index contributed by atoms with van der Waals surface area (Å²) in [6.45, 7) is 2.64. The van der Waals surface area contributed by atoms with E-state index in [1.165, 1.54) is 31.3 Å². The zero-order valence-corrected chi connectivity index (χ0v) is 22.5. The predicted octanol–water partition coefficient (Wildman–Crippen LogP) is 6.65. The molecule has 1 aliphatic heterocycles. The Labute approximate surface area is 235 Å². The van der Waals surface area contributed by atoms with E-state index in [0.717, 1.165) is 11.3 Å². The van der Waals surface area contributed by atoms with E-state index in [9.17, 15) is 14.0 Å². The second kappa shape index (κ2) is 10.4. The standard InChI is InChI=1S/C33H26F2N2O4/c1-19-6-7-21(25(38)16-33(17-40-18-33)27-5-3-4-14-37-27)15-24(19)23-12-13-26-28(30(23)35)29(32(39)36-2)31(41-26)20-8-10-22(34)11-9-20/h3-15H,16-18H2,1-2H3,(H,36,39). The molecule has 0 bridgehead atoms. The van der Waals surface area contributed by atoms with Crippen molar-refractivity contribution in [1.82, 2.24) is 10.3 Å². The van der Waals surface area contributed by atoms with E-state index in [2.05, 4.69) is 10.3 Å². The average Bonchev–Trinajstić information content (AvgIpc) is 3.36. The van der Waals surface area contributed by atoms with Gasteiger partial charge in [-0.2, -0.15) is 0 Å². The zero-order valence-electron chi connectivity index (χ0n) is 22.5. The van der Waals surface area contributed by atoms with Crippen LogP contribution in [-0.2, 0) is 10.2 Å². The van der Waals surface area contributed by atoms with Gasteiger partial charge in [-0.3, -0.25) is 14.6 Å². The van der Waals surface area contributed by atoms with Crippen molar-refractivity contribution < 1.29 is 27.5 Å². The molecule has 1 saturated heterocycles. The molecule has 1 aliphatic rings. The smallest absolute Gasteiger partial charge is 0.255 e. The molecule has 6 rings (SSSR count). The number of aromatic nitrogens is 1. The molecule has 1 N–H and O–H groups in total. The van der Waals surface area contributed by atoms with Gasteiger partial charge in [-0.05, 0) is 72.6 Å². The van der Waals surface area contributed by atoms with Gasteiger partial charge in [0.15, 0.2) is 5.78 Å². The summed E-state index contributed by atoms with van der Waals surface area (Å²) in [5.74, 6) is -1.60. The third kappa shape index (κ3) is 4.60. The number of furan rings is 1. The van der Waals surface area contributed by atoms with Gasteiger partial charge in [0.05, 0.1) is 35.3 Å². The molecule has 41 heavy (non-hydrogen) atoms. The molecule has 1 fully saturated rings. The highest BCUT2D eigenvalue weighted by Crippen LogP contribution is 2.40. The summed E-state index contributed by atoms with van der Waals surface area (Å²) < 4.78 is 41.3. The number of halogens is 2. The van der Waals surface area contributed by atoms with E-state index in [-0.39, 0.29) is 40.1 Å². The largest absolute Gasteiger partial charge is 0.455 e. The summed E-state index contributed by atoms with van der Waals surface area (Å²) in [6.07, 6.45) is 1.91. The molecule has 1 amide bonds. The molecule has 0 unspecified atom stereocenters. The number of rotatable bonds is 7. The predicted molar refractivity (Wildman–Crippen MR) is 151 cm³/mol. The number of carbonyl (C=O) groups is 2. The molecule has 0 saturated carbocycles. The van der Waals surface area contributed by atoms with Crippen molar-refractivity contribution in [3.8, 4) is 22.5 Å². The molecular weight excluding hydrogens is 526 g/mol. The van der Waals surface area contributed by atoms with E-state index in [1.54, 1.807) is 36.5 Å². The molecule has 0 aliphatic carbocycles. The SMILES string of the molecule is CNC(=O)c1c(-c2ccc(F)cc2)oc2ccc(-c3cc(C(=O)CC4(c5ccccn5)COC4)ccc3C)c(F)c12. The third-order valence-electron chi connectivity index (χ3n) is 7.67. The molecular formula is C33H26F2N2O4. The van der Waals surface area contributed by atoms with Gasteiger partial charge >= 0.3 is 0 Å². The summed E-state index contributed by atoms with van der Waals surface area (Å²) in [6, 6.07) is 19.5. The first-order chi connectivity index (χ1) is 19.8. The van der Waals surface area contributed by atoms with Gasteiger partial charge in [-0.1, -0.05) is 18.2 Å². The first kappa shape index (κ1) is 26.5. The Bertz CT molecular complexity index is 1790. The molecule has 2 aromatic heterocycles. The molecule has 0 spiro atoms. The van der Waals surface area contributed by atoms with Crippen molar-refractivity contribution in [2.45, 2.75) is 18.8 Å². The normalized spacial score (nSPS) is 14.0. The molecule has 0 radical (unpaired) electrons. The lowest BCUT2D eigenvalue weighted by Gasteiger charge is -2.40. The van der Waals surface area contributed by atoms with Crippen molar-refractivity contribution in [1.29, 1.82) is 0 Å². The van der Waals surface area contributed by atoms with E-state index < -0.39 is 23.0 Å². The van der Waals surface area contributed by atoms with Crippen LogP contribution in [-0.4, -0.2) is 36.9 Å². The van der Waals surface area contributed by atoms with Crippen LogP contribution in [0, 0.1) is 18.6 Å². The van der Waals surface area contributed by atoms with Gasteiger partial charge < -0.3 is 14.5 Å². The number of nitrogens with zero attached hydrogens (tertiary/aromatic N) is 1. The van der Waals surface area contributed by atoms with Crippen LogP contribution in [0.1, 0.15) is 38.4 Å². The van der Waals surface area contributed by atoms with Crippen LogP contribution in [0.15, 0.2) is 83.4 Å². The van der Waals surface area contributed by atoms with Gasteiger partial charge in [-0.25, -0.2) is 8.78 Å². The van der Waals surface area contributed by atoms with Crippen molar-refractivity contribution in [2.75, 3.05) is 20.3 Å². The van der Waals surface area contributed by atoms with Gasteiger partial charge in [0.25, 0.3) is 5.91 Å². The number of fused-ring (bicyclic) bond motifs is 1. The minimum absolute atomic E-state index is 0.0121. The number of hydrogen-bond donors (Lipinski definition) is 1. The van der Waals surface area contributed by atoms with E-state index in [1.807, 2.05) is 25.1 Å². The average molecular weight is 553 g/mol. The number of Topliss-reactive ketones (excluding diaryl/α,β-unsaturated/α-hetero) is 1. The van der Waals surface area contributed by atoms with E-state index >= 15 is 4.39 Å². The topological polar surface area (TPSA) is 81.4 Å². The second-order valence-corrected chi connectivity index (χ2v) is 10.3. The Hall–Kier alpha value is -4.69. The Morgan fingerprint density at radius 2 is 1.76 bits per heavy atom. The van der Waals surface area contributed by atoms with Crippen LogP contribution in [0.2, 0.25) is 0 Å². The fourth-order valence-corrected chi connectivity index (χ4v) is 5.37. The maximum atomic E-state index is 16.4. The van der Waals surface area contributed by atoms with E-state index in [4.69, 9.17) is 9.15 Å². The summed E-state index contributed by atoms with van der Waals surface area (Å²) in [4.78, 5) is 30.9. The molecule has 206 valence electrons. The maximum Gasteiger partial charge on any atom is 0.255 e. The minimum atomic E-state index is -0.650. The van der Waals surface area contributed by atoms with Crippen molar-refractivity contribution in [2.24, 2.45) is 0 Å². The second-order valence-electron chi connectivity index (χ2n) is 10.3. The Morgan fingerprint density at radius 3 is 2.41 bits per heavy atom. The van der Waals surface area contributed by atoms with Crippen LogP contribution >= 0.6 is 0 Å². The lowest BCUT2D eigenvalue weighted by molar-refractivity contribution is -0.0621. The number of carbonyl (C=O) groups excluding carboxylic acids is 2. The number of amides is 1. The van der Waals surface area contributed by atoms with Gasteiger partial charge in [-0.15, -0.1) is 0 Å². The fourth-order valence-electron chi connectivity index (χ4n) is 5.37. The summed E-state index contributed by atoms with van der Waals surface area (Å²) in [5.41, 5.74) is 2.90. The number of ether oxygens (including phenoxy) is 1. The Kier molecular flexibility index (Phi) is 6.71. The van der Waals surface area contributed by atoms with E-state index in [0.29, 0.717) is 29.9 Å². The lowest BCUT2D eigenvalue weighted by atomic mass is 9.76. The molecule has 0 atom stereocenters. The number of ketones is 1.